The molecule has 0 N–H and O–H groups in total. The van der Waals surface area contributed by atoms with Crippen LogP contribution in [-0.4, -0.2) is 19.6 Å². The Morgan fingerprint density at radius 3 is 2.64 bits per heavy atom. The Bertz CT molecular complexity index is 870. The average molecular weight is 327 g/mol. The van der Waals surface area contributed by atoms with Crippen LogP contribution in [0, 0.1) is 13.8 Å². The molecule has 4 nitrogen and oxygen atoms in total. The zero-order valence-electron chi connectivity index (χ0n) is 11.6. The number of fused-ring (bicyclic) bond motifs is 1. The third kappa shape index (κ3) is 2.31. The van der Waals surface area contributed by atoms with Gasteiger partial charge in [0.1, 0.15) is 5.69 Å². The van der Waals surface area contributed by atoms with Gasteiger partial charge in [0.05, 0.1) is 22.6 Å². The second-order valence-electron chi connectivity index (χ2n) is 4.82. The molecule has 0 atom stereocenters. The lowest BCUT2D eigenvalue weighted by molar-refractivity contribution is -0.141. The van der Waals surface area contributed by atoms with Crippen LogP contribution in [0.25, 0.3) is 16.8 Å². The fraction of sp³-hybridized carbons (Fsp3) is 0.214. The molecule has 0 amide bonds. The van der Waals surface area contributed by atoms with Crippen molar-refractivity contribution < 1.29 is 13.2 Å². The molecule has 0 saturated heterocycles. The molecule has 0 bridgehead atoms. The molecule has 0 spiro atoms. The van der Waals surface area contributed by atoms with E-state index in [1.807, 2.05) is 0 Å². The van der Waals surface area contributed by atoms with Crippen LogP contribution in [-0.2, 0) is 6.18 Å². The maximum absolute atomic E-state index is 12.8. The number of alkyl halides is 3. The summed E-state index contributed by atoms with van der Waals surface area (Å²) >= 11 is 6.11. The lowest BCUT2D eigenvalue weighted by Crippen LogP contribution is -2.07. The Balaban J connectivity index is 2.24. The third-order valence-electron chi connectivity index (χ3n) is 3.33. The van der Waals surface area contributed by atoms with Crippen LogP contribution in [0.5, 0.6) is 0 Å². The second-order valence-corrected chi connectivity index (χ2v) is 5.20. The average Bonchev–Trinajstić information content (AvgIpc) is 2.88. The van der Waals surface area contributed by atoms with E-state index in [-0.39, 0.29) is 0 Å². The predicted molar refractivity (Wildman–Crippen MR) is 75.7 cm³/mol. The van der Waals surface area contributed by atoms with Crippen molar-refractivity contribution in [1.82, 2.24) is 19.6 Å². The second kappa shape index (κ2) is 4.95. The van der Waals surface area contributed by atoms with Gasteiger partial charge in [-0.25, -0.2) is 9.50 Å². The van der Waals surface area contributed by atoms with Crippen molar-refractivity contribution in [3.05, 3.63) is 46.6 Å². The molecule has 0 aliphatic rings. The van der Waals surface area contributed by atoms with E-state index in [0.29, 0.717) is 33.2 Å². The molecule has 0 aliphatic carbocycles. The van der Waals surface area contributed by atoms with Gasteiger partial charge in [0, 0.05) is 11.8 Å². The largest absolute Gasteiger partial charge is 0.433 e. The van der Waals surface area contributed by atoms with Crippen LogP contribution in [0.15, 0.2) is 24.5 Å². The van der Waals surface area contributed by atoms with Crippen molar-refractivity contribution in [2.75, 3.05) is 0 Å². The molecule has 3 rings (SSSR count). The summed E-state index contributed by atoms with van der Waals surface area (Å²) in [5.41, 5.74) is 1.63. The van der Waals surface area contributed by atoms with Crippen LogP contribution in [0.1, 0.15) is 17.1 Å². The minimum atomic E-state index is -4.50. The van der Waals surface area contributed by atoms with Gasteiger partial charge in [-0.2, -0.15) is 18.3 Å². The number of halogens is 4. The molecule has 3 heterocycles. The summed E-state index contributed by atoms with van der Waals surface area (Å²) in [5.74, 6) is 0. The molecule has 0 radical (unpaired) electrons. The quantitative estimate of drug-likeness (QED) is 0.676. The van der Waals surface area contributed by atoms with Gasteiger partial charge in [0.25, 0.3) is 0 Å². The summed E-state index contributed by atoms with van der Waals surface area (Å²) in [7, 11) is 0. The molecule has 0 aliphatic heterocycles. The van der Waals surface area contributed by atoms with Crippen LogP contribution >= 0.6 is 11.6 Å². The van der Waals surface area contributed by atoms with Gasteiger partial charge in [-0.1, -0.05) is 11.6 Å². The van der Waals surface area contributed by atoms with Gasteiger partial charge >= 0.3 is 6.18 Å². The zero-order chi connectivity index (χ0) is 16.1. The van der Waals surface area contributed by atoms with Gasteiger partial charge in [0.15, 0.2) is 5.65 Å². The fourth-order valence-corrected chi connectivity index (χ4v) is 2.34. The van der Waals surface area contributed by atoms with Crippen molar-refractivity contribution in [1.29, 1.82) is 0 Å². The summed E-state index contributed by atoms with van der Waals surface area (Å²) in [6, 6.07) is 2.48. The number of nitrogens with zero attached hydrogens (tertiary/aromatic N) is 4. The van der Waals surface area contributed by atoms with E-state index in [1.54, 1.807) is 13.8 Å². The third-order valence-corrected chi connectivity index (χ3v) is 3.88. The van der Waals surface area contributed by atoms with Gasteiger partial charge in [0.2, 0.25) is 0 Å². The number of rotatable bonds is 1. The highest BCUT2D eigenvalue weighted by Gasteiger charge is 2.32. The first-order chi connectivity index (χ1) is 10.3. The molecular formula is C14H10ClF3N4. The summed E-state index contributed by atoms with van der Waals surface area (Å²) < 4.78 is 39.9. The van der Waals surface area contributed by atoms with E-state index in [2.05, 4.69) is 15.1 Å². The van der Waals surface area contributed by atoms with Crippen molar-refractivity contribution in [3.8, 4) is 11.1 Å². The van der Waals surface area contributed by atoms with Crippen molar-refractivity contribution in [3.63, 3.8) is 0 Å². The number of hydrogen-bond acceptors (Lipinski definition) is 3. The Kier molecular flexibility index (Phi) is 3.32. The van der Waals surface area contributed by atoms with E-state index in [4.69, 9.17) is 11.6 Å². The van der Waals surface area contributed by atoms with E-state index in [0.717, 1.165) is 12.3 Å². The first kappa shape index (κ1) is 14.8. The lowest BCUT2D eigenvalue weighted by atomic mass is 10.1. The van der Waals surface area contributed by atoms with Crippen LogP contribution < -0.4 is 0 Å². The zero-order valence-corrected chi connectivity index (χ0v) is 12.4. The summed E-state index contributed by atoms with van der Waals surface area (Å²) in [6.07, 6.45) is -1.90. The van der Waals surface area contributed by atoms with Crippen molar-refractivity contribution in [2.45, 2.75) is 20.0 Å². The SMILES string of the molecule is Cc1nc2c(-c3ccnc(C(F)(F)F)c3)cnn2c(C)c1Cl. The van der Waals surface area contributed by atoms with Gasteiger partial charge in [-0.05, 0) is 31.5 Å². The maximum Gasteiger partial charge on any atom is 0.433 e. The van der Waals surface area contributed by atoms with E-state index in [9.17, 15) is 13.2 Å². The molecule has 3 aromatic heterocycles. The van der Waals surface area contributed by atoms with Crippen LogP contribution in [0.4, 0.5) is 13.2 Å². The molecule has 0 fully saturated rings. The maximum atomic E-state index is 12.8. The van der Waals surface area contributed by atoms with Crippen molar-refractivity contribution >= 4 is 17.2 Å². The summed E-state index contributed by atoms with van der Waals surface area (Å²) in [5, 5.41) is 4.64. The van der Waals surface area contributed by atoms with Gasteiger partial charge in [-0.15, -0.1) is 0 Å². The first-order valence-electron chi connectivity index (χ1n) is 6.33. The predicted octanol–water partition coefficient (Wildman–Crippen LogP) is 4.08. The lowest BCUT2D eigenvalue weighted by Gasteiger charge is -2.08. The smallest absolute Gasteiger partial charge is 0.252 e. The van der Waals surface area contributed by atoms with Crippen LogP contribution in [0.2, 0.25) is 5.02 Å². The van der Waals surface area contributed by atoms with Crippen molar-refractivity contribution in [2.24, 2.45) is 0 Å². The van der Waals surface area contributed by atoms with E-state index < -0.39 is 11.9 Å². The van der Waals surface area contributed by atoms with Gasteiger partial charge < -0.3 is 0 Å². The number of hydrogen-bond donors (Lipinski definition) is 0. The number of aromatic nitrogens is 4. The molecule has 8 heteroatoms. The Hall–Kier alpha value is -2.15. The molecule has 114 valence electrons. The summed E-state index contributed by atoms with van der Waals surface area (Å²) in [6.45, 7) is 3.51. The molecular weight excluding hydrogens is 317 g/mol. The first-order valence-corrected chi connectivity index (χ1v) is 6.71. The minimum absolute atomic E-state index is 0.353. The van der Waals surface area contributed by atoms with Crippen LogP contribution in [0.3, 0.4) is 0 Å². The highest BCUT2D eigenvalue weighted by Crippen LogP contribution is 2.32. The normalized spacial score (nSPS) is 12.1. The number of pyridine rings is 1. The molecule has 0 unspecified atom stereocenters. The van der Waals surface area contributed by atoms with Gasteiger partial charge in [-0.3, -0.25) is 4.98 Å². The topological polar surface area (TPSA) is 43.1 Å². The molecule has 3 aromatic rings. The van der Waals surface area contributed by atoms with E-state index >= 15 is 0 Å². The fourth-order valence-electron chi connectivity index (χ4n) is 2.21. The monoisotopic (exact) mass is 326 g/mol. The summed E-state index contributed by atoms with van der Waals surface area (Å²) in [4.78, 5) is 7.69. The highest BCUT2D eigenvalue weighted by molar-refractivity contribution is 6.31. The Labute approximate surface area is 128 Å². The molecule has 0 saturated carbocycles. The standard InChI is InChI=1S/C14H10ClF3N4/c1-7-12(15)8(2)22-13(21-7)10(6-20-22)9-3-4-19-11(5-9)14(16,17)18/h3-6H,1-2H3. The number of aryl methyl sites for hydroxylation is 2. The molecule has 22 heavy (non-hydrogen) atoms. The molecule has 0 aromatic carbocycles. The highest BCUT2D eigenvalue weighted by atomic mass is 35.5. The minimum Gasteiger partial charge on any atom is -0.252 e. The Morgan fingerprint density at radius 1 is 1.23 bits per heavy atom. The Morgan fingerprint density at radius 2 is 1.95 bits per heavy atom. The van der Waals surface area contributed by atoms with E-state index in [1.165, 1.54) is 16.8 Å².